The zero-order valence-electron chi connectivity index (χ0n) is 11.3. The summed E-state index contributed by atoms with van der Waals surface area (Å²) in [6, 6.07) is 8.06. The number of thiazole rings is 1. The lowest BCUT2D eigenvalue weighted by atomic mass is 10.2. The molecule has 2 aromatic heterocycles. The van der Waals surface area contributed by atoms with Gasteiger partial charge in [0.15, 0.2) is 4.34 Å². The number of nitrogens with zero attached hydrogens (tertiary/aromatic N) is 3. The third-order valence-electron chi connectivity index (χ3n) is 2.69. The molecule has 20 heavy (non-hydrogen) atoms. The van der Waals surface area contributed by atoms with E-state index in [4.69, 9.17) is 0 Å². The summed E-state index contributed by atoms with van der Waals surface area (Å²) >= 11 is 3.24. The van der Waals surface area contributed by atoms with Crippen molar-refractivity contribution in [2.45, 2.75) is 23.2 Å². The summed E-state index contributed by atoms with van der Waals surface area (Å²) in [5, 5.41) is 7.24. The minimum Gasteiger partial charge on any atom is -0.354 e. The van der Waals surface area contributed by atoms with Gasteiger partial charge in [-0.2, -0.15) is 0 Å². The van der Waals surface area contributed by atoms with Crippen LogP contribution in [0.3, 0.4) is 0 Å². The van der Waals surface area contributed by atoms with Crippen LogP contribution in [-0.4, -0.2) is 21.5 Å². The van der Waals surface area contributed by atoms with E-state index in [1.807, 2.05) is 38.1 Å². The Morgan fingerprint density at radius 1 is 1.20 bits per heavy atom. The number of aromatic nitrogens is 3. The minimum absolute atomic E-state index is 0.668. The third kappa shape index (κ3) is 2.76. The van der Waals surface area contributed by atoms with Gasteiger partial charge < -0.3 is 5.32 Å². The van der Waals surface area contributed by atoms with Gasteiger partial charge in [-0.25, -0.2) is 15.0 Å². The van der Waals surface area contributed by atoms with E-state index >= 15 is 0 Å². The largest absolute Gasteiger partial charge is 0.354 e. The van der Waals surface area contributed by atoms with Gasteiger partial charge in [0.25, 0.3) is 0 Å². The number of fused-ring (bicyclic) bond motifs is 1. The fourth-order valence-electron chi connectivity index (χ4n) is 1.82. The molecule has 1 N–H and O–H groups in total. The average Bonchev–Trinajstić information content (AvgIpc) is 2.85. The molecule has 3 rings (SSSR count). The summed E-state index contributed by atoms with van der Waals surface area (Å²) in [7, 11) is 0. The molecule has 0 spiro atoms. The second-order valence-corrected chi connectivity index (χ2v) is 6.35. The van der Waals surface area contributed by atoms with Crippen molar-refractivity contribution in [1.82, 2.24) is 15.0 Å². The van der Waals surface area contributed by atoms with Crippen molar-refractivity contribution in [3.8, 4) is 0 Å². The average molecular weight is 302 g/mol. The van der Waals surface area contributed by atoms with Crippen LogP contribution in [0.5, 0.6) is 0 Å². The van der Waals surface area contributed by atoms with Crippen molar-refractivity contribution in [2.24, 2.45) is 0 Å². The van der Waals surface area contributed by atoms with Crippen molar-refractivity contribution in [3.05, 3.63) is 35.3 Å². The quantitative estimate of drug-likeness (QED) is 0.739. The fraction of sp³-hybridized carbons (Fsp3) is 0.214. The summed E-state index contributed by atoms with van der Waals surface area (Å²) in [6.45, 7) is 4.84. The Balaban J connectivity index is 2.06. The number of benzene rings is 1. The molecule has 0 aliphatic heterocycles. The highest BCUT2D eigenvalue weighted by molar-refractivity contribution is 8.01. The molecule has 0 amide bonds. The van der Waals surface area contributed by atoms with Crippen molar-refractivity contribution in [2.75, 3.05) is 11.9 Å². The number of rotatable bonds is 4. The van der Waals surface area contributed by atoms with E-state index in [1.165, 1.54) is 0 Å². The molecule has 6 heteroatoms. The van der Waals surface area contributed by atoms with E-state index < -0.39 is 0 Å². The van der Waals surface area contributed by atoms with Crippen molar-refractivity contribution < 1.29 is 0 Å². The Kier molecular flexibility index (Phi) is 3.84. The van der Waals surface area contributed by atoms with Crippen LogP contribution >= 0.6 is 23.1 Å². The van der Waals surface area contributed by atoms with Gasteiger partial charge in [0.1, 0.15) is 5.03 Å². The highest BCUT2D eigenvalue weighted by Crippen LogP contribution is 2.33. The zero-order chi connectivity index (χ0) is 13.9. The fourth-order valence-corrected chi connectivity index (χ4v) is 3.69. The first kappa shape index (κ1) is 13.3. The van der Waals surface area contributed by atoms with Crippen LogP contribution < -0.4 is 5.32 Å². The lowest BCUT2D eigenvalue weighted by Crippen LogP contribution is -2.03. The monoisotopic (exact) mass is 302 g/mol. The van der Waals surface area contributed by atoms with Gasteiger partial charge >= 0.3 is 0 Å². The Bertz CT molecular complexity index is 739. The molecule has 0 bridgehead atoms. The van der Waals surface area contributed by atoms with E-state index in [1.54, 1.807) is 23.1 Å². The van der Waals surface area contributed by atoms with Gasteiger partial charge in [0.05, 0.1) is 5.52 Å². The van der Waals surface area contributed by atoms with E-state index in [0.717, 1.165) is 32.5 Å². The van der Waals surface area contributed by atoms with Crippen LogP contribution in [0.15, 0.2) is 39.0 Å². The third-order valence-corrected chi connectivity index (χ3v) is 4.75. The normalized spacial score (nSPS) is 10.9. The molecule has 0 fully saturated rings. The zero-order valence-corrected chi connectivity index (χ0v) is 12.9. The van der Waals surface area contributed by atoms with Crippen molar-refractivity contribution >= 4 is 39.9 Å². The van der Waals surface area contributed by atoms with Crippen LogP contribution in [0.4, 0.5) is 5.95 Å². The molecule has 1 aromatic carbocycles. The lowest BCUT2D eigenvalue weighted by molar-refractivity contribution is 1.05. The van der Waals surface area contributed by atoms with Crippen molar-refractivity contribution in [3.63, 3.8) is 0 Å². The van der Waals surface area contributed by atoms with Gasteiger partial charge in [-0.3, -0.25) is 0 Å². The number of hydrogen-bond acceptors (Lipinski definition) is 6. The molecule has 4 nitrogen and oxygen atoms in total. The van der Waals surface area contributed by atoms with Gasteiger partial charge in [-0.1, -0.05) is 18.2 Å². The Labute approximate surface area is 125 Å². The predicted molar refractivity (Wildman–Crippen MR) is 84.7 cm³/mol. The Hall–Kier alpha value is -1.66. The molecule has 0 saturated heterocycles. The number of anilines is 1. The van der Waals surface area contributed by atoms with Crippen LogP contribution in [0.1, 0.15) is 12.6 Å². The highest BCUT2D eigenvalue weighted by Gasteiger charge is 2.10. The lowest BCUT2D eigenvalue weighted by Gasteiger charge is -2.07. The molecule has 0 unspecified atom stereocenters. The maximum absolute atomic E-state index is 4.60. The van der Waals surface area contributed by atoms with Gasteiger partial charge in [-0.15, -0.1) is 11.3 Å². The number of para-hydroxylation sites is 1. The van der Waals surface area contributed by atoms with Gasteiger partial charge in [0.2, 0.25) is 5.95 Å². The molecule has 0 aliphatic rings. The molecule has 2 heterocycles. The maximum Gasteiger partial charge on any atom is 0.224 e. The summed E-state index contributed by atoms with van der Waals surface area (Å²) in [5.74, 6) is 0.668. The topological polar surface area (TPSA) is 50.7 Å². The molecule has 0 aliphatic carbocycles. The Morgan fingerprint density at radius 2 is 2.05 bits per heavy atom. The summed E-state index contributed by atoms with van der Waals surface area (Å²) in [4.78, 5) is 13.6. The molecule has 0 atom stereocenters. The first-order valence-electron chi connectivity index (χ1n) is 6.37. The predicted octanol–water partition coefficient (Wildman–Crippen LogP) is 3.98. The van der Waals surface area contributed by atoms with Crippen LogP contribution in [0, 0.1) is 6.92 Å². The minimum atomic E-state index is 0.668. The molecule has 0 saturated carbocycles. The standard InChI is InChI=1S/C14H14N4S2/c1-3-15-13-17-11-7-5-4-6-10(11)12(18-13)20-14-16-9(2)8-19-14/h4-8H,3H2,1-2H3,(H,15,17,18). The number of aryl methyl sites for hydroxylation is 1. The van der Waals surface area contributed by atoms with Crippen LogP contribution in [0.2, 0.25) is 0 Å². The molecular formula is C14H14N4S2. The van der Waals surface area contributed by atoms with E-state index in [-0.39, 0.29) is 0 Å². The van der Waals surface area contributed by atoms with Gasteiger partial charge in [-0.05, 0) is 31.7 Å². The van der Waals surface area contributed by atoms with E-state index in [9.17, 15) is 0 Å². The SMILES string of the molecule is CCNc1nc(Sc2nc(C)cs2)c2ccccc2n1. The summed E-state index contributed by atoms with van der Waals surface area (Å²) in [5.41, 5.74) is 2.00. The summed E-state index contributed by atoms with van der Waals surface area (Å²) in [6.07, 6.45) is 0. The van der Waals surface area contributed by atoms with E-state index in [2.05, 4.69) is 25.6 Å². The first-order valence-corrected chi connectivity index (χ1v) is 8.06. The highest BCUT2D eigenvalue weighted by atomic mass is 32.2. The van der Waals surface area contributed by atoms with Crippen molar-refractivity contribution in [1.29, 1.82) is 0 Å². The Morgan fingerprint density at radius 3 is 2.80 bits per heavy atom. The van der Waals surface area contributed by atoms with Gasteiger partial charge in [0, 0.05) is 23.0 Å². The first-order chi connectivity index (χ1) is 9.76. The van der Waals surface area contributed by atoms with Crippen LogP contribution in [-0.2, 0) is 0 Å². The molecule has 102 valence electrons. The van der Waals surface area contributed by atoms with E-state index in [0.29, 0.717) is 5.95 Å². The molecule has 0 radical (unpaired) electrons. The molecule has 3 aromatic rings. The second-order valence-electron chi connectivity index (χ2n) is 4.26. The number of nitrogens with one attached hydrogen (secondary N) is 1. The maximum atomic E-state index is 4.60. The molecular weight excluding hydrogens is 288 g/mol. The van der Waals surface area contributed by atoms with Crippen LogP contribution in [0.25, 0.3) is 10.9 Å². The summed E-state index contributed by atoms with van der Waals surface area (Å²) < 4.78 is 1.01. The second kappa shape index (κ2) is 5.76. The number of hydrogen-bond donors (Lipinski definition) is 1. The smallest absolute Gasteiger partial charge is 0.224 e.